The maximum Gasteiger partial charge on any atom is 0.124 e. The van der Waals surface area contributed by atoms with Gasteiger partial charge in [-0.3, -0.25) is 0 Å². The number of phenols is 1. The summed E-state index contributed by atoms with van der Waals surface area (Å²) < 4.78 is 7.61. The molecule has 1 N–H and O–H groups in total. The smallest absolute Gasteiger partial charge is 0.124 e. The second-order valence-electron chi connectivity index (χ2n) is 8.87. The molecule has 0 amide bonds. The third kappa shape index (κ3) is 1.53. The fraction of sp³-hybridized carbons (Fsp3) is 0.619. The fourth-order valence-electron chi connectivity index (χ4n) is 6.81. The number of likely N-dealkylation sites (N-methyl/N-ethyl adjacent to an activating group) is 1. The Morgan fingerprint density at radius 2 is 2.25 bits per heavy atom. The average Bonchev–Trinajstić information content (AvgIpc) is 2.90. The zero-order chi connectivity index (χ0) is 16.7. The van der Waals surface area contributed by atoms with E-state index < -0.39 is 0 Å². The number of quaternary nitrogens is 1. The molecule has 4 aliphatic rings. The van der Waals surface area contributed by atoms with Crippen LogP contribution in [0.15, 0.2) is 24.8 Å². The number of likely N-dealkylation sites (tertiary alicyclic amines) is 1. The van der Waals surface area contributed by atoms with Gasteiger partial charge in [-0.15, -0.1) is 0 Å². The van der Waals surface area contributed by atoms with Crippen molar-refractivity contribution < 1.29 is 14.3 Å². The van der Waals surface area contributed by atoms with Gasteiger partial charge in [0.2, 0.25) is 0 Å². The van der Waals surface area contributed by atoms with Gasteiger partial charge in [0, 0.05) is 29.9 Å². The number of nitrogens with zero attached hydrogens (tertiary/aromatic N) is 1. The maximum atomic E-state index is 10.6. The molecule has 0 aromatic heterocycles. The van der Waals surface area contributed by atoms with Crippen molar-refractivity contribution in [1.82, 2.24) is 0 Å². The summed E-state index contributed by atoms with van der Waals surface area (Å²) in [6.45, 7) is 8.59. The van der Waals surface area contributed by atoms with E-state index in [9.17, 15) is 5.11 Å². The van der Waals surface area contributed by atoms with E-state index in [0.29, 0.717) is 29.7 Å². The Balaban J connectivity index is 1.76. The van der Waals surface area contributed by atoms with Gasteiger partial charge in [0.25, 0.3) is 0 Å². The zero-order valence-electron chi connectivity index (χ0n) is 14.8. The number of piperidine rings is 1. The molecule has 2 aliphatic heterocycles. The van der Waals surface area contributed by atoms with Crippen LogP contribution in [0, 0.1) is 11.8 Å². The summed E-state index contributed by atoms with van der Waals surface area (Å²) in [7, 11) is 2.40. The van der Waals surface area contributed by atoms with Crippen LogP contribution in [0.25, 0.3) is 0 Å². The molecule has 3 nitrogen and oxygen atoms in total. The Labute approximate surface area is 144 Å². The van der Waals surface area contributed by atoms with Gasteiger partial charge in [-0.2, -0.15) is 0 Å². The number of hydrogen-bond acceptors (Lipinski definition) is 2. The van der Waals surface area contributed by atoms with Crippen LogP contribution >= 0.6 is 0 Å². The van der Waals surface area contributed by atoms with E-state index in [2.05, 4.69) is 26.6 Å². The lowest BCUT2D eigenvalue weighted by Gasteiger charge is -2.61. The molecule has 2 bridgehead atoms. The molecule has 1 spiro atoms. The highest BCUT2D eigenvalue weighted by Gasteiger charge is 2.68. The maximum absolute atomic E-state index is 10.6. The molecule has 5 rings (SSSR count). The van der Waals surface area contributed by atoms with Gasteiger partial charge in [0.05, 0.1) is 31.6 Å². The van der Waals surface area contributed by atoms with E-state index >= 15 is 0 Å². The predicted molar refractivity (Wildman–Crippen MR) is 94.3 cm³/mol. The summed E-state index contributed by atoms with van der Waals surface area (Å²) in [6, 6.07) is 4.43. The van der Waals surface area contributed by atoms with Crippen LogP contribution < -0.4 is 4.74 Å². The van der Waals surface area contributed by atoms with Crippen molar-refractivity contribution >= 4 is 0 Å². The quantitative estimate of drug-likeness (QED) is 0.667. The minimum atomic E-state index is 0.142. The zero-order valence-corrected chi connectivity index (χ0v) is 14.8. The number of aromatic hydroxyl groups is 1. The third-order valence-electron chi connectivity index (χ3n) is 7.85. The predicted octanol–water partition coefficient (Wildman–Crippen LogP) is 3.40. The van der Waals surface area contributed by atoms with Crippen LogP contribution in [0.3, 0.4) is 0 Å². The first-order valence-electron chi connectivity index (χ1n) is 9.48. The molecule has 1 aromatic carbocycles. The van der Waals surface area contributed by atoms with Crippen molar-refractivity contribution in [2.45, 2.75) is 50.2 Å². The molecular formula is C21H28NO2+. The second-order valence-corrected chi connectivity index (χ2v) is 8.87. The number of hydrogen-bond donors (Lipinski definition) is 1. The van der Waals surface area contributed by atoms with Gasteiger partial charge >= 0.3 is 0 Å². The van der Waals surface area contributed by atoms with E-state index in [-0.39, 0.29) is 5.41 Å². The summed E-state index contributed by atoms with van der Waals surface area (Å²) in [5, 5.41) is 10.6. The Morgan fingerprint density at radius 3 is 3.04 bits per heavy atom. The van der Waals surface area contributed by atoms with Crippen molar-refractivity contribution in [3.63, 3.8) is 0 Å². The SMILES string of the molecule is C=CC[N@@+]1(C)CC[C@@]23c4c5ccc(O)c4CC1C2CC[C@H](C)C3O5. The molecule has 24 heavy (non-hydrogen) atoms. The second kappa shape index (κ2) is 4.57. The molecule has 3 unspecified atom stereocenters. The summed E-state index contributed by atoms with van der Waals surface area (Å²) in [5.41, 5.74) is 2.70. The summed E-state index contributed by atoms with van der Waals surface area (Å²) in [5.74, 6) is 2.81. The molecule has 2 fully saturated rings. The number of ether oxygens (including phenoxy) is 1. The summed E-state index contributed by atoms with van der Waals surface area (Å²) in [6.07, 6.45) is 7.10. The van der Waals surface area contributed by atoms with Gasteiger partial charge < -0.3 is 14.3 Å². The van der Waals surface area contributed by atoms with Crippen molar-refractivity contribution in [2.75, 3.05) is 20.1 Å². The first-order valence-corrected chi connectivity index (χ1v) is 9.48. The van der Waals surface area contributed by atoms with Crippen molar-refractivity contribution in [3.05, 3.63) is 35.9 Å². The van der Waals surface area contributed by atoms with Crippen LogP contribution in [0.4, 0.5) is 0 Å². The standard InChI is InChI=1S/C21H27NO2/c1-4-10-22(3)11-9-21-15-6-5-13(2)20(21)24-18-8-7-17(23)14(19(18)21)12-16(15)22/h4,7-8,13,15-16,20H,1,5-6,9-12H2,2-3H3/p+1/t13-,15?,16?,20?,21-,22-/m0/s1. The Kier molecular flexibility index (Phi) is 2.82. The topological polar surface area (TPSA) is 29.5 Å². The molecule has 1 saturated carbocycles. The lowest BCUT2D eigenvalue weighted by molar-refractivity contribution is -0.940. The lowest BCUT2D eigenvalue weighted by Crippen LogP contribution is -2.71. The number of benzene rings is 1. The lowest BCUT2D eigenvalue weighted by atomic mass is 9.49. The number of rotatable bonds is 2. The summed E-state index contributed by atoms with van der Waals surface area (Å²) in [4.78, 5) is 0. The molecule has 1 aromatic rings. The van der Waals surface area contributed by atoms with Gasteiger partial charge in [-0.1, -0.05) is 13.5 Å². The highest BCUT2D eigenvalue weighted by Crippen LogP contribution is 2.65. The molecule has 1 saturated heterocycles. The highest BCUT2D eigenvalue weighted by molar-refractivity contribution is 5.58. The number of phenolic OH excluding ortho intramolecular Hbond substituents is 1. The Hall–Kier alpha value is -1.48. The normalized spacial score (nSPS) is 44.6. The fourth-order valence-corrected chi connectivity index (χ4v) is 6.81. The minimum absolute atomic E-state index is 0.142. The van der Waals surface area contributed by atoms with Gasteiger partial charge in [0.15, 0.2) is 0 Å². The van der Waals surface area contributed by atoms with Crippen LogP contribution in [-0.4, -0.2) is 41.9 Å². The van der Waals surface area contributed by atoms with E-state index in [4.69, 9.17) is 4.74 Å². The first kappa shape index (κ1) is 14.8. The highest BCUT2D eigenvalue weighted by atomic mass is 16.5. The molecule has 2 aliphatic carbocycles. The van der Waals surface area contributed by atoms with Gasteiger partial charge in [-0.05, 0) is 37.0 Å². The van der Waals surface area contributed by atoms with Crippen molar-refractivity contribution in [1.29, 1.82) is 0 Å². The van der Waals surface area contributed by atoms with Crippen LogP contribution in [0.2, 0.25) is 0 Å². The Bertz CT molecular complexity index is 729. The summed E-state index contributed by atoms with van der Waals surface area (Å²) >= 11 is 0. The van der Waals surface area contributed by atoms with Gasteiger partial charge in [0.1, 0.15) is 17.6 Å². The average molecular weight is 326 g/mol. The molecule has 0 radical (unpaired) electrons. The first-order chi connectivity index (χ1) is 11.5. The molecule has 2 heterocycles. The van der Waals surface area contributed by atoms with Crippen LogP contribution in [0.1, 0.15) is 37.3 Å². The van der Waals surface area contributed by atoms with E-state index in [0.717, 1.165) is 23.2 Å². The molecular weight excluding hydrogens is 298 g/mol. The van der Waals surface area contributed by atoms with Crippen molar-refractivity contribution in [3.8, 4) is 11.5 Å². The molecule has 3 heteroatoms. The monoisotopic (exact) mass is 326 g/mol. The van der Waals surface area contributed by atoms with Crippen LogP contribution in [-0.2, 0) is 11.8 Å². The van der Waals surface area contributed by atoms with E-state index in [1.54, 1.807) is 0 Å². The minimum Gasteiger partial charge on any atom is -0.508 e. The largest absolute Gasteiger partial charge is 0.508 e. The van der Waals surface area contributed by atoms with E-state index in [1.807, 2.05) is 12.1 Å². The van der Waals surface area contributed by atoms with Crippen LogP contribution in [0.5, 0.6) is 11.5 Å². The molecule has 6 atom stereocenters. The van der Waals surface area contributed by atoms with Gasteiger partial charge in [-0.25, -0.2) is 0 Å². The third-order valence-corrected chi connectivity index (χ3v) is 7.85. The van der Waals surface area contributed by atoms with E-state index in [1.165, 1.54) is 36.9 Å². The molecule has 128 valence electrons. The Morgan fingerprint density at radius 1 is 1.42 bits per heavy atom. The van der Waals surface area contributed by atoms with Crippen molar-refractivity contribution in [2.24, 2.45) is 11.8 Å².